The summed E-state index contributed by atoms with van der Waals surface area (Å²) in [6, 6.07) is 0.720. The van der Waals surface area contributed by atoms with Gasteiger partial charge in [-0.05, 0) is 38.6 Å². The lowest BCUT2D eigenvalue weighted by Gasteiger charge is -2.23. The molecule has 0 aromatic heterocycles. The van der Waals surface area contributed by atoms with Gasteiger partial charge in [0.1, 0.15) is 0 Å². The van der Waals surface area contributed by atoms with Crippen LogP contribution in [0.4, 0.5) is 0 Å². The molecule has 0 aromatic carbocycles. The van der Waals surface area contributed by atoms with Crippen molar-refractivity contribution < 1.29 is 4.79 Å². The number of hydrogen-bond donors (Lipinski definition) is 2. The van der Waals surface area contributed by atoms with Gasteiger partial charge in [0, 0.05) is 31.6 Å². The third-order valence-corrected chi connectivity index (χ3v) is 4.68. The Morgan fingerprint density at radius 2 is 2.05 bits per heavy atom. The average Bonchev–Trinajstić information content (AvgIpc) is 2.86. The first-order valence-electron chi connectivity index (χ1n) is 7.92. The van der Waals surface area contributed by atoms with Gasteiger partial charge in [0.15, 0.2) is 0 Å². The molecule has 0 spiro atoms. The van der Waals surface area contributed by atoms with Crippen LogP contribution in [0.5, 0.6) is 0 Å². The van der Waals surface area contributed by atoms with Gasteiger partial charge in [0.05, 0.1) is 0 Å². The molecule has 1 aliphatic heterocycles. The maximum Gasteiger partial charge on any atom is 0.221 e. The van der Waals surface area contributed by atoms with Crippen LogP contribution in [0.2, 0.25) is 0 Å². The molecule has 0 bridgehead atoms. The van der Waals surface area contributed by atoms with Crippen LogP contribution in [-0.4, -0.2) is 42.5 Å². The average molecular weight is 267 g/mol. The fourth-order valence-corrected chi connectivity index (χ4v) is 3.30. The summed E-state index contributed by atoms with van der Waals surface area (Å²) in [6.45, 7) is 5.14. The van der Waals surface area contributed by atoms with Crippen LogP contribution >= 0.6 is 0 Å². The van der Waals surface area contributed by atoms with E-state index in [0.29, 0.717) is 18.4 Å². The molecule has 0 aromatic rings. The highest BCUT2D eigenvalue weighted by molar-refractivity contribution is 5.76. The number of hydrogen-bond acceptors (Lipinski definition) is 3. The van der Waals surface area contributed by atoms with Crippen LogP contribution in [0, 0.1) is 5.92 Å². The highest BCUT2D eigenvalue weighted by Crippen LogP contribution is 2.19. The van der Waals surface area contributed by atoms with Gasteiger partial charge in [0.25, 0.3) is 0 Å². The summed E-state index contributed by atoms with van der Waals surface area (Å²) in [5, 5.41) is 3.19. The van der Waals surface area contributed by atoms with Crippen LogP contribution in [0.3, 0.4) is 0 Å². The second-order valence-electron chi connectivity index (χ2n) is 6.36. The molecule has 0 radical (unpaired) electrons. The third kappa shape index (κ3) is 4.77. The molecule has 19 heavy (non-hydrogen) atoms. The standard InChI is InChI=1S/C15H29N3O/c1-12(16)13-7-9-18(11-13)10-8-15(19)17-14-5-3-2-4-6-14/h12-14H,2-11,16H2,1H3,(H,17,19). The Hall–Kier alpha value is -0.610. The normalized spacial score (nSPS) is 27.4. The van der Waals surface area contributed by atoms with E-state index in [4.69, 9.17) is 5.73 Å². The molecule has 2 unspecified atom stereocenters. The summed E-state index contributed by atoms with van der Waals surface area (Å²) in [7, 11) is 0. The number of carbonyl (C=O) groups excluding carboxylic acids is 1. The Morgan fingerprint density at radius 3 is 2.68 bits per heavy atom. The first-order valence-corrected chi connectivity index (χ1v) is 7.92. The minimum absolute atomic E-state index is 0.233. The minimum Gasteiger partial charge on any atom is -0.353 e. The lowest BCUT2D eigenvalue weighted by molar-refractivity contribution is -0.122. The van der Waals surface area contributed by atoms with E-state index in [1.165, 1.54) is 38.5 Å². The molecule has 2 rings (SSSR count). The largest absolute Gasteiger partial charge is 0.353 e. The summed E-state index contributed by atoms with van der Waals surface area (Å²) in [5.74, 6) is 0.845. The lowest BCUT2D eigenvalue weighted by atomic mass is 9.95. The van der Waals surface area contributed by atoms with Crippen LogP contribution < -0.4 is 11.1 Å². The van der Waals surface area contributed by atoms with E-state index in [2.05, 4.69) is 17.1 Å². The molecule has 1 heterocycles. The zero-order valence-electron chi connectivity index (χ0n) is 12.2. The summed E-state index contributed by atoms with van der Waals surface area (Å²) in [4.78, 5) is 14.3. The van der Waals surface area contributed by atoms with Gasteiger partial charge in [-0.2, -0.15) is 0 Å². The van der Waals surface area contributed by atoms with Crippen molar-refractivity contribution in [3.63, 3.8) is 0 Å². The Labute approximate surface area is 117 Å². The van der Waals surface area contributed by atoms with E-state index in [1.807, 2.05) is 0 Å². The van der Waals surface area contributed by atoms with Crippen molar-refractivity contribution in [3.05, 3.63) is 0 Å². The van der Waals surface area contributed by atoms with Crippen LogP contribution in [0.15, 0.2) is 0 Å². The van der Waals surface area contributed by atoms with E-state index in [1.54, 1.807) is 0 Å². The molecule has 1 aliphatic carbocycles. The number of rotatable bonds is 5. The second-order valence-corrected chi connectivity index (χ2v) is 6.36. The topological polar surface area (TPSA) is 58.4 Å². The van der Waals surface area contributed by atoms with Gasteiger partial charge in [-0.1, -0.05) is 19.3 Å². The fourth-order valence-electron chi connectivity index (χ4n) is 3.30. The van der Waals surface area contributed by atoms with Gasteiger partial charge in [-0.3, -0.25) is 4.79 Å². The van der Waals surface area contributed by atoms with E-state index < -0.39 is 0 Å². The first-order chi connectivity index (χ1) is 9.15. The van der Waals surface area contributed by atoms with Crippen LogP contribution in [0.1, 0.15) is 51.9 Å². The maximum atomic E-state index is 11.9. The van der Waals surface area contributed by atoms with Gasteiger partial charge in [0.2, 0.25) is 5.91 Å². The summed E-state index contributed by atoms with van der Waals surface area (Å²) < 4.78 is 0. The zero-order valence-corrected chi connectivity index (χ0v) is 12.2. The van der Waals surface area contributed by atoms with Crippen molar-refractivity contribution in [2.75, 3.05) is 19.6 Å². The lowest BCUT2D eigenvalue weighted by Crippen LogP contribution is -2.38. The van der Waals surface area contributed by atoms with Crippen molar-refractivity contribution in [1.82, 2.24) is 10.2 Å². The molecule has 1 saturated carbocycles. The molecular formula is C15H29N3O. The summed E-state index contributed by atoms with van der Waals surface area (Å²) in [6.07, 6.45) is 8.04. The molecule has 4 heteroatoms. The van der Waals surface area contributed by atoms with Gasteiger partial charge >= 0.3 is 0 Å². The predicted molar refractivity (Wildman–Crippen MR) is 77.8 cm³/mol. The number of carbonyl (C=O) groups is 1. The number of likely N-dealkylation sites (tertiary alicyclic amines) is 1. The monoisotopic (exact) mass is 267 g/mol. The Kier molecular flexibility index (Phi) is 5.64. The molecule has 2 atom stereocenters. The predicted octanol–water partition coefficient (Wildman–Crippen LogP) is 1.49. The highest BCUT2D eigenvalue weighted by Gasteiger charge is 2.25. The van der Waals surface area contributed by atoms with E-state index in [9.17, 15) is 4.79 Å². The second kappa shape index (κ2) is 7.25. The van der Waals surface area contributed by atoms with Crippen LogP contribution in [-0.2, 0) is 4.79 Å². The fraction of sp³-hybridized carbons (Fsp3) is 0.933. The quantitative estimate of drug-likeness (QED) is 0.793. The van der Waals surface area contributed by atoms with Gasteiger partial charge < -0.3 is 16.0 Å². The van der Waals surface area contributed by atoms with E-state index >= 15 is 0 Å². The molecule has 110 valence electrons. The van der Waals surface area contributed by atoms with Gasteiger partial charge in [-0.25, -0.2) is 0 Å². The van der Waals surface area contributed by atoms with Crippen LogP contribution in [0.25, 0.3) is 0 Å². The van der Waals surface area contributed by atoms with Crippen molar-refractivity contribution >= 4 is 5.91 Å². The van der Waals surface area contributed by atoms with Crippen molar-refractivity contribution in [2.45, 2.75) is 64.0 Å². The molecule has 2 fully saturated rings. The van der Waals surface area contributed by atoms with Crippen molar-refractivity contribution in [3.8, 4) is 0 Å². The van der Waals surface area contributed by atoms with Crippen molar-refractivity contribution in [1.29, 1.82) is 0 Å². The number of nitrogens with one attached hydrogen (secondary N) is 1. The van der Waals surface area contributed by atoms with E-state index in [-0.39, 0.29) is 11.9 Å². The maximum absolute atomic E-state index is 11.9. The summed E-state index contributed by atoms with van der Waals surface area (Å²) in [5.41, 5.74) is 5.93. The molecule has 3 N–H and O–H groups in total. The number of amides is 1. The Bertz CT molecular complexity index is 287. The molecule has 2 aliphatic rings. The molecule has 1 amide bonds. The third-order valence-electron chi connectivity index (χ3n) is 4.68. The molecular weight excluding hydrogens is 238 g/mol. The number of nitrogens with two attached hydrogens (primary N) is 1. The molecule has 1 saturated heterocycles. The zero-order chi connectivity index (χ0) is 13.7. The number of nitrogens with zero attached hydrogens (tertiary/aromatic N) is 1. The van der Waals surface area contributed by atoms with Gasteiger partial charge in [-0.15, -0.1) is 0 Å². The first kappa shape index (κ1) is 14.8. The minimum atomic E-state index is 0.233. The Balaban J connectivity index is 1.61. The molecule has 4 nitrogen and oxygen atoms in total. The SMILES string of the molecule is CC(N)C1CCN(CCC(=O)NC2CCCCC2)C1. The Morgan fingerprint density at radius 1 is 1.32 bits per heavy atom. The van der Waals surface area contributed by atoms with Crippen molar-refractivity contribution in [2.24, 2.45) is 11.7 Å². The smallest absolute Gasteiger partial charge is 0.221 e. The summed E-state index contributed by atoms with van der Waals surface area (Å²) >= 11 is 0. The highest BCUT2D eigenvalue weighted by atomic mass is 16.1. The van der Waals surface area contributed by atoms with E-state index in [0.717, 1.165) is 19.6 Å².